The van der Waals surface area contributed by atoms with Crippen molar-refractivity contribution in [1.82, 2.24) is 30.1 Å². The van der Waals surface area contributed by atoms with Crippen LogP contribution in [-0.4, -0.2) is 44.2 Å². The van der Waals surface area contributed by atoms with Crippen molar-refractivity contribution in [1.29, 1.82) is 0 Å². The molecule has 2 N–H and O–H groups in total. The molecule has 4 aromatic heterocycles. The number of aromatic nitrogens is 6. The summed E-state index contributed by atoms with van der Waals surface area (Å²) in [6, 6.07) is 8.48. The number of hydrogen-bond acceptors (Lipinski definition) is 5. The number of nitrogens with one attached hydrogen (secondary N) is 2. The molecule has 5 rings (SSSR count). The van der Waals surface area contributed by atoms with Gasteiger partial charge in [0.25, 0.3) is 0 Å². The summed E-state index contributed by atoms with van der Waals surface area (Å²) in [7, 11) is 3.98. The summed E-state index contributed by atoms with van der Waals surface area (Å²) >= 11 is 0. The number of benzene rings is 1. The van der Waals surface area contributed by atoms with Crippen molar-refractivity contribution >= 4 is 34.9 Å². The maximum Gasteiger partial charge on any atom is 0.159 e. The Morgan fingerprint density at radius 3 is 2.71 bits per heavy atom. The maximum atomic E-state index is 13.8. The van der Waals surface area contributed by atoms with E-state index in [2.05, 4.69) is 37.8 Å². The van der Waals surface area contributed by atoms with E-state index in [1.807, 2.05) is 56.5 Å². The number of fused-ring (bicyclic) bond motifs is 1. The van der Waals surface area contributed by atoms with Gasteiger partial charge in [-0.05, 0) is 47.9 Å². The summed E-state index contributed by atoms with van der Waals surface area (Å²) in [5.41, 5.74) is 6.62. The SMILES string of the molecule is C=c1c(-c2nc3c(-c4cccc(F)c4)cncc3[nH]2)n[nH]/c1=C/C=C(\C)c1cncc(N(C)C)c1. The Hall–Kier alpha value is -4.59. The molecule has 0 fully saturated rings. The summed E-state index contributed by atoms with van der Waals surface area (Å²) in [6.45, 7) is 6.24. The molecular formula is C27H24FN7. The number of hydrogen-bond donors (Lipinski definition) is 2. The van der Waals surface area contributed by atoms with E-state index in [4.69, 9.17) is 4.98 Å². The van der Waals surface area contributed by atoms with E-state index in [1.54, 1.807) is 18.5 Å². The second kappa shape index (κ2) is 8.98. The summed E-state index contributed by atoms with van der Waals surface area (Å²) in [5.74, 6) is 0.255. The molecule has 0 bridgehead atoms. The minimum absolute atomic E-state index is 0.310. The maximum absolute atomic E-state index is 13.8. The van der Waals surface area contributed by atoms with Crippen molar-refractivity contribution < 1.29 is 4.39 Å². The number of aromatic amines is 2. The summed E-state index contributed by atoms with van der Waals surface area (Å²) in [5, 5.41) is 8.98. The van der Waals surface area contributed by atoms with Crippen molar-refractivity contribution in [2.45, 2.75) is 6.92 Å². The van der Waals surface area contributed by atoms with Gasteiger partial charge in [-0.15, -0.1) is 0 Å². The lowest BCUT2D eigenvalue weighted by Gasteiger charge is -2.12. The molecule has 35 heavy (non-hydrogen) atoms. The number of imidazole rings is 1. The second-order valence-electron chi connectivity index (χ2n) is 8.49. The second-order valence-corrected chi connectivity index (χ2v) is 8.49. The number of allylic oxidation sites excluding steroid dienone is 2. The van der Waals surface area contributed by atoms with Gasteiger partial charge < -0.3 is 9.88 Å². The smallest absolute Gasteiger partial charge is 0.159 e. The normalized spacial score (nSPS) is 12.5. The van der Waals surface area contributed by atoms with Gasteiger partial charge in [0, 0.05) is 37.3 Å². The first-order valence-corrected chi connectivity index (χ1v) is 11.1. The predicted octanol–water partition coefficient (Wildman–Crippen LogP) is 3.91. The number of pyridine rings is 2. The topological polar surface area (TPSA) is 86.4 Å². The Morgan fingerprint density at radius 1 is 1.09 bits per heavy atom. The van der Waals surface area contributed by atoms with E-state index >= 15 is 0 Å². The molecule has 5 aromatic rings. The van der Waals surface area contributed by atoms with Gasteiger partial charge in [0.05, 0.1) is 34.5 Å². The molecule has 0 atom stereocenters. The van der Waals surface area contributed by atoms with Crippen molar-refractivity contribution in [2.24, 2.45) is 0 Å². The molecular weight excluding hydrogens is 441 g/mol. The van der Waals surface area contributed by atoms with Crippen molar-refractivity contribution in [3.63, 3.8) is 0 Å². The zero-order valence-corrected chi connectivity index (χ0v) is 19.7. The number of rotatable bonds is 5. The summed E-state index contributed by atoms with van der Waals surface area (Å²) in [6.07, 6.45) is 11.0. The van der Waals surface area contributed by atoms with Crippen LogP contribution in [0.5, 0.6) is 0 Å². The highest BCUT2D eigenvalue weighted by atomic mass is 19.1. The lowest BCUT2D eigenvalue weighted by molar-refractivity contribution is 0.628. The highest BCUT2D eigenvalue weighted by Crippen LogP contribution is 2.28. The van der Waals surface area contributed by atoms with Crippen molar-refractivity contribution in [2.75, 3.05) is 19.0 Å². The van der Waals surface area contributed by atoms with E-state index in [9.17, 15) is 4.39 Å². The van der Waals surface area contributed by atoms with Gasteiger partial charge in [-0.2, -0.15) is 5.10 Å². The van der Waals surface area contributed by atoms with E-state index < -0.39 is 0 Å². The van der Waals surface area contributed by atoms with Crippen LogP contribution in [0.25, 0.3) is 51.9 Å². The zero-order valence-electron chi connectivity index (χ0n) is 19.7. The minimum Gasteiger partial charge on any atom is -0.376 e. The largest absolute Gasteiger partial charge is 0.376 e. The van der Waals surface area contributed by atoms with Crippen molar-refractivity contribution in [3.05, 3.63) is 83.1 Å². The Kier molecular flexibility index (Phi) is 5.70. The van der Waals surface area contributed by atoms with Gasteiger partial charge >= 0.3 is 0 Å². The molecule has 174 valence electrons. The van der Waals surface area contributed by atoms with E-state index in [0.717, 1.165) is 33.3 Å². The molecule has 0 spiro atoms. The molecule has 0 saturated heterocycles. The van der Waals surface area contributed by atoms with Gasteiger partial charge in [0.15, 0.2) is 5.82 Å². The fraction of sp³-hybridized carbons (Fsp3) is 0.111. The predicted molar refractivity (Wildman–Crippen MR) is 138 cm³/mol. The number of H-pyrrole nitrogens is 2. The van der Waals surface area contributed by atoms with Gasteiger partial charge in [0.1, 0.15) is 11.5 Å². The Bertz CT molecular complexity index is 1680. The molecule has 0 aliphatic heterocycles. The molecule has 0 saturated carbocycles. The van der Waals surface area contributed by atoms with Crippen molar-refractivity contribution in [3.8, 4) is 22.6 Å². The fourth-order valence-electron chi connectivity index (χ4n) is 3.82. The Balaban J connectivity index is 1.51. The highest BCUT2D eigenvalue weighted by molar-refractivity contribution is 5.92. The van der Waals surface area contributed by atoms with Crippen LogP contribution in [0, 0.1) is 5.82 Å². The minimum atomic E-state index is -0.310. The molecule has 1 aromatic carbocycles. The van der Waals surface area contributed by atoms with Crippen LogP contribution >= 0.6 is 0 Å². The average molecular weight is 466 g/mol. The molecule has 0 aliphatic carbocycles. The van der Waals surface area contributed by atoms with Crippen LogP contribution in [0.3, 0.4) is 0 Å². The standard InChI is InChI=1S/C27H24FN7/c1-16(19-11-21(35(3)4)13-29-12-19)8-9-23-17(2)25(34-33-23)27-31-24-15-30-14-22(26(24)32-27)18-6-5-7-20(28)10-18/h5-15,33H,2H2,1,3-4H3,(H,31,32)/b16-8+,23-9+. The number of halogens is 1. The zero-order chi connectivity index (χ0) is 24.5. The summed E-state index contributed by atoms with van der Waals surface area (Å²) in [4.78, 5) is 18.7. The molecule has 7 nitrogen and oxygen atoms in total. The fourth-order valence-corrected chi connectivity index (χ4v) is 3.82. The van der Waals surface area contributed by atoms with Gasteiger partial charge in [-0.3, -0.25) is 15.1 Å². The first-order valence-electron chi connectivity index (χ1n) is 11.1. The molecule has 0 unspecified atom stereocenters. The quantitative estimate of drug-likeness (QED) is 0.411. The van der Waals surface area contributed by atoms with Crippen LogP contribution in [0.15, 0.2) is 61.2 Å². The molecule has 8 heteroatoms. The lowest BCUT2D eigenvalue weighted by atomic mass is 10.1. The number of nitrogens with zero attached hydrogens (tertiary/aromatic N) is 5. The summed E-state index contributed by atoms with van der Waals surface area (Å²) < 4.78 is 13.8. The van der Waals surface area contributed by atoms with E-state index in [0.29, 0.717) is 27.8 Å². The highest BCUT2D eigenvalue weighted by Gasteiger charge is 2.14. The molecule has 0 radical (unpaired) electrons. The monoisotopic (exact) mass is 465 g/mol. The van der Waals surface area contributed by atoms with E-state index in [1.165, 1.54) is 12.1 Å². The number of anilines is 1. The third-order valence-corrected chi connectivity index (χ3v) is 5.85. The molecule has 0 amide bonds. The van der Waals surface area contributed by atoms with Crippen LogP contribution in [-0.2, 0) is 0 Å². The average Bonchev–Trinajstić information content (AvgIpc) is 3.45. The van der Waals surface area contributed by atoms with Gasteiger partial charge in [-0.25, -0.2) is 9.37 Å². The first-order chi connectivity index (χ1) is 16.9. The van der Waals surface area contributed by atoms with Gasteiger partial charge in [-0.1, -0.05) is 24.8 Å². The Labute approximate surface area is 201 Å². The van der Waals surface area contributed by atoms with Crippen LogP contribution < -0.4 is 15.5 Å². The molecule has 0 aliphatic rings. The Morgan fingerprint density at radius 2 is 1.91 bits per heavy atom. The molecule has 4 heterocycles. The van der Waals surface area contributed by atoms with Gasteiger partial charge in [0.2, 0.25) is 0 Å². The first kappa shape index (κ1) is 22.2. The third-order valence-electron chi connectivity index (χ3n) is 5.85. The van der Waals surface area contributed by atoms with Crippen LogP contribution in [0.4, 0.5) is 10.1 Å². The van der Waals surface area contributed by atoms with Crippen LogP contribution in [0.2, 0.25) is 0 Å². The third kappa shape index (κ3) is 4.33. The lowest BCUT2D eigenvalue weighted by Crippen LogP contribution is -2.21. The van der Waals surface area contributed by atoms with Crippen LogP contribution in [0.1, 0.15) is 12.5 Å². The van der Waals surface area contributed by atoms with E-state index in [-0.39, 0.29) is 5.82 Å².